The van der Waals surface area contributed by atoms with Crippen LogP contribution in [0.4, 0.5) is 11.7 Å². The Kier molecular flexibility index (Phi) is 7.30. The molecule has 0 unspecified atom stereocenters. The molecule has 0 fully saturated rings. The molecule has 0 atom stereocenters. The number of para-hydroxylation sites is 1. The first-order valence-corrected chi connectivity index (χ1v) is 12.3. The predicted molar refractivity (Wildman–Crippen MR) is 136 cm³/mol. The molecule has 1 N–H and O–H groups in total. The fourth-order valence-electron chi connectivity index (χ4n) is 3.48. The highest BCUT2D eigenvalue weighted by Crippen LogP contribution is 2.41. The summed E-state index contributed by atoms with van der Waals surface area (Å²) in [6.07, 6.45) is 0. The molecule has 3 aromatic carbocycles. The van der Waals surface area contributed by atoms with Crippen LogP contribution in [0.1, 0.15) is 10.4 Å². The number of hydrogen-bond donors (Lipinski definition) is 1. The molecule has 1 aromatic heterocycles. The van der Waals surface area contributed by atoms with Crippen LogP contribution in [0.5, 0.6) is 17.2 Å². The van der Waals surface area contributed by atoms with E-state index < -0.39 is 15.9 Å². The van der Waals surface area contributed by atoms with Gasteiger partial charge in [-0.15, -0.1) is 5.10 Å². The molecular weight excluding hydrogens is 500 g/mol. The normalized spacial score (nSPS) is 11.0. The van der Waals surface area contributed by atoms with E-state index in [0.29, 0.717) is 28.5 Å². The number of aromatic nitrogens is 2. The minimum Gasteiger partial charge on any atom is -0.493 e. The largest absolute Gasteiger partial charge is 0.493 e. The third-order valence-corrected chi connectivity index (χ3v) is 7.25. The van der Waals surface area contributed by atoms with Crippen LogP contribution in [0.2, 0.25) is 0 Å². The lowest BCUT2D eigenvalue weighted by molar-refractivity contribution is 0.102. The SMILES string of the molecule is COc1cc(-c2nnc(NC(=O)c3ccc(S(=O)(=O)N(C)c4ccccc4)cc3)o2)cc(OC)c1OC. The lowest BCUT2D eigenvalue weighted by Crippen LogP contribution is -2.26. The number of hydrogen-bond acceptors (Lipinski definition) is 9. The molecule has 37 heavy (non-hydrogen) atoms. The van der Waals surface area contributed by atoms with E-state index >= 15 is 0 Å². The number of carbonyl (C=O) groups excluding carboxylic acids is 1. The van der Waals surface area contributed by atoms with Crippen LogP contribution >= 0.6 is 0 Å². The van der Waals surface area contributed by atoms with E-state index in [1.807, 2.05) is 0 Å². The summed E-state index contributed by atoms with van der Waals surface area (Å²) in [5.74, 6) is 0.754. The summed E-state index contributed by atoms with van der Waals surface area (Å²) in [6.45, 7) is 0. The number of anilines is 2. The summed E-state index contributed by atoms with van der Waals surface area (Å²) >= 11 is 0. The Bertz CT molecular complexity index is 1480. The maximum atomic E-state index is 12.9. The number of benzene rings is 3. The van der Waals surface area contributed by atoms with Gasteiger partial charge in [0, 0.05) is 18.2 Å². The van der Waals surface area contributed by atoms with Crippen LogP contribution in [-0.2, 0) is 10.0 Å². The number of carbonyl (C=O) groups is 1. The Balaban J connectivity index is 1.50. The van der Waals surface area contributed by atoms with E-state index in [9.17, 15) is 13.2 Å². The van der Waals surface area contributed by atoms with Crippen molar-refractivity contribution in [2.24, 2.45) is 0 Å². The van der Waals surface area contributed by atoms with Crippen molar-refractivity contribution in [3.05, 3.63) is 72.3 Å². The number of nitrogens with one attached hydrogen (secondary N) is 1. The summed E-state index contributed by atoms with van der Waals surface area (Å²) in [6, 6.07) is 17.3. The van der Waals surface area contributed by atoms with E-state index in [4.69, 9.17) is 18.6 Å². The quantitative estimate of drug-likeness (QED) is 0.347. The minimum absolute atomic E-state index is 0.0397. The first-order valence-electron chi connectivity index (χ1n) is 10.9. The molecule has 0 bridgehead atoms. The monoisotopic (exact) mass is 524 g/mol. The molecule has 192 valence electrons. The number of sulfonamides is 1. The zero-order valence-corrected chi connectivity index (χ0v) is 21.3. The van der Waals surface area contributed by atoms with Crippen LogP contribution in [0.15, 0.2) is 76.0 Å². The Morgan fingerprint density at radius 2 is 1.51 bits per heavy atom. The Morgan fingerprint density at radius 3 is 2.08 bits per heavy atom. The lowest BCUT2D eigenvalue weighted by atomic mass is 10.2. The molecule has 11 nitrogen and oxygen atoms in total. The van der Waals surface area contributed by atoms with Gasteiger partial charge in [-0.25, -0.2) is 8.42 Å². The molecule has 0 aliphatic heterocycles. The van der Waals surface area contributed by atoms with Crippen molar-refractivity contribution in [3.63, 3.8) is 0 Å². The number of rotatable bonds is 9. The predicted octanol–water partition coefficient (Wildman–Crippen LogP) is 3.84. The van der Waals surface area contributed by atoms with Crippen LogP contribution in [0, 0.1) is 0 Å². The van der Waals surface area contributed by atoms with Gasteiger partial charge in [0.25, 0.3) is 15.9 Å². The molecule has 12 heteroatoms. The summed E-state index contributed by atoms with van der Waals surface area (Å²) in [4.78, 5) is 12.7. The van der Waals surface area contributed by atoms with Gasteiger partial charge in [0.2, 0.25) is 11.6 Å². The molecule has 0 saturated heterocycles. The second-order valence-electron chi connectivity index (χ2n) is 7.61. The van der Waals surface area contributed by atoms with Gasteiger partial charge in [-0.3, -0.25) is 14.4 Å². The molecule has 0 radical (unpaired) electrons. The smallest absolute Gasteiger partial charge is 0.322 e. The first-order chi connectivity index (χ1) is 17.8. The van der Waals surface area contributed by atoms with E-state index in [2.05, 4.69) is 15.5 Å². The third-order valence-electron chi connectivity index (χ3n) is 5.45. The maximum Gasteiger partial charge on any atom is 0.322 e. The molecule has 4 aromatic rings. The number of amides is 1. The van der Waals surface area contributed by atoms with Crippen LogP contribution in [-0.4, -0.2) is 52.9 Å². The van der Waals surface area contributed by atoms with Gasteiger partial charge in [-0.1, -0.05) is 23.3 Å². The van der Waals surface area contributed by atoms with E-state index in [0.717, 1.165) is 0 Å². The molecule has 0 aliphatic rings. The standard InChI is InChI=1S/C25H24N4O7S/c1-29(18-8-6-5-7-9-18)37(31,32)19-12-10-16(11-13-19)23(30)26-25-28-27-24(36-25)17-14-20(33-2)22(35-4)21(15-17)34-3/h5-15H,1-4H3,(H,26,28,30). The van der Waals surface area contributed by atoms with Gasteiger partial charge in [0.1, 0.15) is 0 Å². The Morgan fingerprint density at radius 1 is 0.892 bits per heavy atom. The van der Waals surface area contributed by atoms with Gasteiger partial charge >= 0.3 is 6.01 Å². The molecule has 1 amide bonds. The summed E-state index contributed by atoms with van der Waals surface area (Å²) in [5.41, 5.74) is 1.21. The number of nitrogens with zero attached hydrogens (tertiary/aromatic N) is 3. The second-order valence-corrected chi connectivity index (χ2v) is 9.58. The average Bonchev–Trinajstić information content (AvgIpc) is 3.40. The summed E-state index contributed by atoms with van der Waals surface area (Å²) < 4.78 is 48.6. The average molecular weight is 525 g/mol. The molecule has 0 spiro atoms. The fourth-order valence-corrected chi connectivity index (χ4v) is 4.67. The van der Waals surface area contributed by atoms with Crippen molar-refractivity contribution in [1.82, 2.24) is 10.2 Å². The lowest BCUT2D eigenvalue weighted by Gasteiger charge is -2.19. The van der Waals surface area contributed by atoms with Gasteiger partial charge in [-0.2, -0.15) is 0 Å². The highest BCUT2D eigenvalue weighted by molar-refractivity contribution is 7.92. The number of ether oxygens (including phenoxy) is 3. The van der Waals surface area contributed by atoms with Crippen molar-refractivity contribution >= 4 is 27.6 Å². The van der Waals surface area contributed by atoms with E-state index in [1.165, 1.54) is 56.9 Å². The zero-order chi connectivity index (χ0) is 26.6. The van der Waals surface area contributed by atoms with Crippen molar-refractivity contribution in [1.29, 1.82) is 0 Å². The molecule has 4 rings (SSSR count). The van der Waals surface area contributed by atoms with Crippen molar-refractivity contribution in [2.75, 3.05) is 38.0 Å². The van der Waals surface area contributed by atoms with Crippen LogP contribution in [0.3, 0.4) is 0 Å². The minimum atomic E-state index is -3.81. The Labute approximate surface area is 213 Å². The first kappa shape index (κ1) is 25.5. The number of methoxy groups -OCH3 is 3. The second kappa shape index (κ2) is 10.6. The fraction of sp³-hybridized carbons (Fsp3) is 0.160. The maximum absolute atomic E-state index is 12.9. The zero-order valence-electron chi connectivity index (χ0n) is 20.5. The van der Waals surface area contributed by atoms with Crippen molar-refractivity contribution in [2.45, 2.75) is 4.90 Å². The highest BCUT2D eigenvalue weighted by atomic mass is 32.2. The van der Waals surface area contributed by atoms with Gasteiger partial charge in [-0.05, 0) is 48.5 Å². The van der Waals surface area contributed by atoms with Gasteiger partial charge < -0.3 is 18.6 Å². The molecule has 0 aliphatic carbocycles. The summed E-state index contributed by atoms with van der Waals surface area (Å²) in [7, 11) is 2.11. The molecule has 1 heterocycles. The van der Waals surface area contributed by atoms with Gasteiger partial charge in [0.15, 0.2) is 11.5 Å². The third kappa shape index (κ3) is 5.19. The van der Waals surface area contributed by atoms with Crippen LogP contribution < -0.4 is 23.8 Å². The Hall–Kier alpha value is -4.58. The van der Waals surface area contributed by atoms with Crippen molar-refractivity contribution < 1.29 is 31.8 Å². The van der Waals surface area contributed by atoms with E-state index in [-0.39, 0.29) is 22.4 Å². The highest BCUT2D eigenvalue weighted by Gasteiger charge is 2.22. The van der Waals surface area contributed by atoms with Gasteiger partial charge in [0.05, 0.1) is 31.9 Å². The topological polar surface area (TPSA) is 133 Å². The summed E-state index contributed by atoms with van der Waals surface area (Å²) in [5, 5.41) is 10.3. The molecular formula is C25H24N4O7S. The van der Waals surface area contributed by atoms with Crippen molar-refractivity contribution in [3.8, 4) is 28.7 Å². The van der Waals surface area contributed by atoms with E-state index in [1.54, 1.807) is 42.5 Å². The molecule has 0 saturated carbocycles. The van der Waals surface area contributed by atoms with Crippen LogP contribution in [0.25, 0.3) is 11.5 Å².